The SMILES string of the molecule is COc1ccc(C)c2sc(N(Cc3ccccc3)C(=O)CS(=O)(=O)c3ccc(F)cc3)nc12. The number of anilines is 1. The van der Waals surface area contributed by atoms with Crippen LogP contribution in [0.3, 0.4) is 0 Å². The summed E-state index contributed by atoms with van der Waals surface area (Å²) in [7, 11) is -2.43. The van der Waals surface area contributed by atoms with Crippen LogP contribution in [0.4, 0.5) is 9.52 Å². The summed E-state index contributed by atoms with van der Waals surface area (Å²) in [5.74, 6) is -1.37. The molecular formula is C24H21FN2O4S2. The van der Waals surface area contributed by atoms with Crippen molar-refractivity contribution in [3.8, 4) is 5.75 Å². The van der Waals surface area contributed by atoms with E-state index in [4.69, 9.17) is 4.74 Å². The normalized spacial score (nSPS) is 11.5. The second-order valence-corrected chi connectivity index (χ2v) is 10.4. The lowest BCUT2D eigenvalue weighted by Crippen LogP contribution is -2.35. The van der Waals surface area contributed by atoms with Crippen molar-refractivity contribution in [2.24, 2.45) is 0 Å². The van der Waals surface area contributed by atoms with E-state index in [0.29, 0.717) is 16.4 Å². The average molecular weight is 485 g/mol. The number of halogens is 1. The van der Waals surface area contributed by atoms with Gasteiger partial charge in [-0.25, -0.2) is 17.8 Å². The van der Waals surface area contributed by atoms with Gasteiger partial charge in [0.2, 0.25) is 5.91 Å². The van der Waals surface area contributed by atoms with E-state index in [1.54, 1.807) is 7.11 Å². The molecule has 1 amide bonds. The molecule has 0 spiro atoms. The molecule has 0 fully saturated rings. The predicted octanol–water partition coefficient (Wildman–Crippen LogP) is 4.76. The maximum atomic E-state index is 13.3. The minimum absolute atomic E-state index is 0.112. The Hall–Kier alpha value is -3.30. The first-order chi connectivity index (χ1) is 15.8. The number of hydrogen-bond donors (Lipinski definition) is 0. The second-order valence-electron chi connectivity index (χ2n) is 7.44. The van der Waals surface area contributed by atoms with Crippen molar-refractivity contribution >= 4 is 42.4 Å². The zero-order chi connectivity index (χ0) is 23.6. The third-order valence-corrected chi connectivity index (χ3v) is 7.94. The highest BCUT2D eigenvalue weighted by Gasteiger charge is 2.27. The van der Waals surface area contributed by atoms with Crippen molar-refractivity contribution < 1.29 is 22.3 Å². The van der Waals surface area contributed by atoms with E-state index in [1.807, 2.05) is 49.4 Å². The third-order valence-electron chi connectivity index (χ3n) is 5.11. The Kier molecular flexibility index (Phi) is 6.44. The molecular weight excluding hydrogens is 463 g/mol. The molecule has 0 aliphatic rings. The van der Waals surface area contributed by atoms with Gasteiger partial charge in [0.25, 0.3) is 0 Å². The monoisotopic (exact) mass is 484 g/mol. The number of carbonyl (C=O) groups excluding carboxylic acids is 1. The largest absolute Gasteiger partial charge is 0.494 e. The molecule has 6 nitrogen and oxygen atoms in total. The number of rotatable bonds is 7. The fourth-order valence-electron chi connectivity index (χ4n) is 3.37. The van der Waals surface area contributed by atoms with Crippen LogP contribution in [0.15, 0.2) is 71.6 Å². The highest BCUT2D eigenvalue weighted by Crippen LogP contribution is 2.37. The van der Waals surface area contributed by atoms with Gasteiger partial charge in [-0.15, -0.1) is 0 Å². The van der Waals surface area contributed by atoms with Crippen LogP contribution in [0.25, 0.3) is 10.2 Å². The van der Waals surface area contributed by atoms with Gasteiger partial charge >= 0.3 is 0 Å². The van der Waals surface area contributed by atoms with Gasteiger partial charge in [-0.2, -0.15) is 0 Å². The second kappa shape index (κ2) is 9.29. The van der Waals surface area contributed by atoms with Crippen LogP contribution in [-0.2, 0) is 21.2 Å². The van der Waals surface area contributed by atoms with Crippen LogP contribution in [0, 0.1) is 12.7 Å². The molecule has 0 aliphatic heterocycles. The Labute approximate surface area is 195 Å². The lowest BCUT2D eigenvalue weighted by Gasteiger charge is -2.20. The number of hydrogen-bond acceptors (Lipinski definition) is 6. The molecule has 170 valence electrons. The van der Waals surface area contributed by atoms with E-state index in [2.05, 4.69) is 4.98 Å². The van der Waals surface area contributed by atoms with Crippen molar-refractivity contribution in [2.75, 3.05) is 17.8 Å². The molecule has 1 aromatic heterocycles. The molecule has 0 saturated heterocycles. The lowest BCUT2D eigenvalue weighted by atomic mass is 10.2. The molecule has 4 rings (SSSR count). The average Bonchev–Trinajstić information content (AvgIpc) is 3.24. The summed E-state index contributed by atoms with van der Waals surface area (Å²) in [6.45, 7) is 2.09. The summed E-state index contributed by atoms with van der Waals surface area (Å²) in [6, 6.07) is 17.4. The smallest absolute Gasteiger partial charge is 0.244 e. The Balaban J connectivity index is 1.74. The molecule has 0 aliphatic carbocycles. The van der Waals surface area contributed by atoms with Crippen LogP contribution >= 0.6 is 11.3 Å². The number of aromatic nitrogens is 1. The number of ether oxygens (including phenoxy) is 1. The van der Waals surface area contributed by atoms with Gasteiger partial charge < -0.3 is 4.74 Å². The highest BCUT2D eigenvalue weighted by atomic mass is 32.2. The van der Waals surface area contributed by atoms with E-state index in [1.165, 1.54) is 16.2 Å². The van der Waals surface area contributed by atoms with Crippen molar-refractivity contribution in [1.29, 1.82) is 0 Å². The number of benzene rings is 3. The van der Waals surface area contributed by atoms with E-state index >= 15 is 0 Å². The number of aryl methyl sites for hydroxylation is 1. The number of nitrogens with zero attached hydrogens (tertiary/aromatic N) is 2. The van der Waals surface area contributed by atoms with Crippen LogP contribution in [0.2, 0.25) is 0 Å². The van der Waals surface area contributed by atoms with Gasteiger partial charge in [0, 0.05) is 0 Å². The Morgan fingerprint density at radius 1 is 1.06 bits per heavy atom. The zero-order valence-corrected chi connectivity index (χ0v) is 19.6. The van der Waals surface area contributed by atoms with Gasteiger partial charge in [-0.1, -0.05) is 47.7 Å². The Morgan fingerprint density at radius 3 is 2.42 bits per heavy atom. The molecule has 33 heavy (non-hydrogen) atoms. The number of methoxy groups -OCH3 is 1. The summed E-state index contributed by atoms with van der Waals surface area (Å²) in [6.07, 6.45) is 0. The molecule has 4 aromatic rings. The van der Waals surface area contributed by atoms with Crippen molar-refractivity contribution in [1.82, 2.24) is 4.98 Å². The van der Waals surface area contributed by atoms with Crippen LogP contribution in [0.1, 0.15) is 11.1 Å². The summed E-state index contributed by atoms with van der Waals surface area (Å²) in [5, 5.41) is 0.376. The molecule has 0 N–H and O–H groups in total. The number of amides is 1. The minimum Gasteiger partial charge on any atom is -0.494 e. The summed E-state index contributed by atoms with van der Waals surface area (Å²) in [5.41, 5.74) is 2.42. The maximum absolute atomic E-state index is 13.3. The first-order valence-electron chi connectivity index (χ1n) is 10.1. The number of carbonyl (C=O) groups is 1. The van der Waals surface area contributed by atoms with Crippen LogP contribution in [-0.4, -0.2) is 32.2 Å². The molecule has 0 radical (unpaired) electrons. The minimum atomic E-state index is -3.98. The summed E-state index contributed by atoms with van der Waals surface area (Å²) in [4.78, 5) is 19.2. The number of sulfone groups is 1. The van der Waals surface area contributed by atoms with E-state index < -0.39 is 27.3 Å². The standard InChI is InChI=1S/C24H21FN2O4S2/c1-16-8-13-20(31-2)22-23(16)32-24(26-22)27(14-17-6-4-3-5-7-17)21(28)15-33(29,30)19-11-9-18(25)10-12-19/h3-13H,14-15H2,1-2H3. The molecule has 0 saturated carbocycles. The molecule has 0 bridgehead atoms. The number of fused-ring (bicyclic) bond motifs is 1. The molecule has 1 heterocycles. The van der Waals surface area contributed by atoms with Crippen molar-refractivity contribution in [2.45, 2.75) is 18.4 Å². The Morgan fingerprint density at radius 2 is 1.76 bits per heavy atom. The Bertz CT molecular complexity index is 1400. The summed E-state index contributed by atoms with van der Waals surface area (Å²) >= 11 is 1.30. The van der Waals surface area contributed by atoms with Gasteiger partial charge in [-0.05, 0) is 48.4 Å². The van der Waals surface area contributed by atoms with E-state index in [0.717, 1.165) is 40.1 Å². The molecule has 3 aromatic carbocycles. The van der Waals surface area contributed by atoms with Crippen molar-refractivity contribution in [3.05, 3.63) is 83.7 Å². The third kappa shape index (κ3) is 4.89. The van der Waals surface area contributed by atoms with Gasteiger partial charge in [0.05, 0.1) is 23.2 Å². The first kappa shape index (κ1) is 22.9. The van der Waals surface area contributed by atoms with Crippen LogP contribution in [0.5, 0.6) is 5.75 Å². The van der Waals surface area contributed by atoms with Gasteiger partial charge in [0.15, 0.2) is 15.0 Å². The van der Waals surface area contributed by atoms with Gasteiger partial charge in [0.1, 0.15) is 22.8 Å². The highest BCUT2D eigenvalue weighted by molar-refractivity contribution is 7.92. The predicted molar refractivity (Wildman–Crippen MR) is 127 cm³/mol. The van der Waals surface area contributed by atoms with E-state index in [-0.39, 0.29) is 11.4 Å². The molecule has 9 heteroatoms. The van der Waals surface area contributed by atoms with Crippen LogP contribution < -0.4 is 9.64 Å². The van der Waals surface area contributed by atoms with Crippen molar-refractivity contribution in [3.63, 3.8) is 0 Å². The van der Waals surface area contributed by atoms with Gasteiger partial charge in [-0.3, -0.25) is 9.69 Å². The zero-order valence-electron chi connectivity index (χ0n) is 18.0. The molecule has 0 unspecified atom stereocenters. The lowest BCUT2D eigenvalue weighted by molar-refractivity contribution is -0.116. The summed E-state index contributed by atoms with van der Waals surface area (Å²) < 4.78 is 45.2. The first-order valence-corrected chi connectivity index (χ1v) is 12.5. The quantitative estimate of drug-likeness (QED) is 0.354. The topological polar surface area (TPSA) is 76.6 Å². The number of thiazole rings is 1. The fraction of sp³-hybridized carbons (Fsp3) is 0.167. The maximum Gasteiger partial charge on any atom is 0.244 e. The fourth-order valence-corrected chi connectivity index (χ4v) is 5.64. The molecule has 0 atom stereocenters. The van der Waals surface area contributed by atoms with E-state index in [9.17, 15) is 17.6 Å².